The number of nitrogens with zero attached hydrogens (tertiary/aromatic N) is 2. The summed E-state index contributed by atoms with van der Waals surface area (Å²) in [7, 11) is -3.30. The molecular formula is C13H24N2O3S. The first-order valence-corrected chi connectivity index (χ1v) is 8.67. The minimum atomic E-state index is -3.30. The molecule has 0 amide bonds. The van der Waals surface area contributed by atoms with Gasteiger partial charge in [-0.05, 0) is 32.6 Å². The fourth-order valence-electron chi connectivity index (χ4n) is 2.93. The highest BCUT2D eigenvalue weighted by Crippen LogP contribution is 2.23. The molecule has 0 aromatic carbocycles. The van der Waals surface area contributed by atoms with Crippen molar-refractivity contribution >= 4 is 16.0 Å². The van der Waals surface area contributed by atoms with Crippen LogP contribution in [0, 0.1) is 5.92 Å². The third kappa shape index (κ3) is 3.55. The van der Waals surface area contributed by atoms with Gasteiger partial charge < -0.3 is 0 Å². The molecule has 110 valence electrons. The summed E-state index contributed by atoms with van der Waals surface area (Å²) in [6, 6.07) is 0. The van der Waals surface area contributed by atoms with Crippen molar-refractivity contribution in [2.45, 2.75) is 45.4 Å². The predicted octanol–water partition coefficient (Wildman–Crippen LogP) is 1.41. The van der Waals surface area contributed by atoms with Crippen LogP contribution < -0.4 is 0 Å². The summed E-state index contributed by atoms with van der Waals surface area (Å²) in [4.78, 5) is 11.3. The molecule has 0 radical (unpaired) electrons. The normalized spacial score (nSPS) is 25.1. The van der Waals surface area contributed by atoms with Crippen LogP contribution in [-0.4, -0.2) is 49.0 Å². The van der Waals surface area contributed by atoms with Gasteiger partial charge in [-0.3, -0.25) is 4.79 Å². The first-order valence-electron chi connectivity index (χ1n) is 7.27. The number of carbonyl (C=O) groups is 1. The topological polar surface area (TPSA) is 57.7 Å². The molecular weight excluding hydrogens is 264 g/mol. The first kappa shape index (κ1) is 14.9. The van der Waals surface area contributed by atoms with Crippen LogP contribution in [0.4, 0.5) is 0 Å². The number of carbonyl (C=O) groups excluding carboxylic acids is 1. The molecule has 2 aliphatic heterocycles. The summed E-state index contributed by atoms with van der Waals surface area (Å²) in [6.07, 6.45) is 5.51. The second-order valence-electron chi connectivity index (χ2n) is 5.61. The number of ketones is 1. The number of piperidine rings is 1. The van der Waals surface area contributed by atoms with Gasteiger partial charge in [0.2, 0.25) is 0 Å². The summed E-state index contributed by atoms with van der Waals surface area (Å²) in [5.74, 6) is 0.238. The van der Waals surface area contributed by atoms with Crippen molar-refractivity contribution in [3.8, 4) is 0 Å². The van der Waals surface area contributed by atoms with E-state index in [1.54, 1.807) is 15.5 Å². The van der Waals surface area contributed by atoms with Gasteiger partial charge in [-0.25, -0.2) is 0 Å². The van der Waals surface area contributed by atoms with Gasteiger partial charge in [-0.1, -0.05) is 12.8 Å². The third-order valence-electron chi connectivity index (χ3n) is 4.25. The predicted molar refractivity (Wildman–Crippen MR) is 73.9 cm³/mol. The molecule has 0 saturated carbocycles. The van der Waals surface area contributed by atoms with E-state index in [0.717, 1.165) is 25.7 Å². The first-order chi connectivity index (χ1) is 9.01. The Labute approximate surface area is 116 Å². The Balaban J connectivity index is 1.98. The molecule has 6 heteroatoms. The van der Waals surface area contributed by atoms with Crippen LogP contribution in [0.5, 0.6) is 0 Å². The van der Waals surface area contributed by atoms with Crippen molar-refractivity contribution in [2.75, 3.05) is 26.2 Å². The molecule has 2 aliphatic rings. The minimum Gasteiger partial charge on any atom is -0.300 e. The largest absolute Gasteiger partial charge is 0.300 e. The van der Waals surface area contributed by atoms with E-state index in [2.05, 4.69) is 0 Å². The van der Waals surface area contributed by atoms with Gasteiger partial charge in [0.25, 0.3) is 10.2 Å². The zero-order chi connectivity index (χ0) is 13.9. The van der Waals surface area contributed by atoms with E-state index in [0.29, 0.717) is 39.0 Å². The Morgan fingerprint density at radius 1 is 0.895 bits per heavy atom. The van der Waals surface area contributed by atoms with Crippen molar-refractivity contribution in [2.24, 2.45) is 5.92 Å². The zero-order valence-corrected chi connectivity index (χ0v) is 12.5. The molecule has 0 aliphatic carbocycles. The molecule has 0 bridgehead atoms. The molecule has 5 nitrogen and oxygen atoms in total. The Kier molecular flexibility index (Phi) is 4.97. The fraction of sp³-hybridized carbons (Fsp3) is 0.923. The summed E-state index contributed by atoms with van der Waals surface area (Å²) in [5, 5.41) is 0. The van der Waals surface area contributed by atoms with Crippen molar-refractivity contribution in [3.05, 3.63) is 0 Å². The second kappa shape index (κ2) is 6.33. The van der Waals surface area contributed by atoms with E-state index < -0.39 is 10.2 Å². The lowest BCUT2D eigenvalue weighted by molar-refractivity contribution is -0.121. The van der Waals surface area contributed by atoms with E-state index >= 15 is 0 Å². The summed E-state index contributed by atoms with van der Waals surface area (Å²) in [6.45, 7) is 3.87. The SMILES string of the molecule is CC(=O)C1CCN(S(=O)(=O)N2CCCCCC2)CC1. The van der Waals surface area contributed by atoms with Crippen LogP contribution in [0.3, 0.4) is 0 Å². The maximum absolute atomic E-state index is 12.5. The summed E-state index contributed by atoms with van der Waals surface area (Å²) < 4.78 is 28.3. The molecule has 2 saturated heterocycles. The molecule has 0 atom stereocenters. The summed E-state index contributed by atoms with van der Waals surface area (Å²) >= 11 is 0. The lowest BCUT2D eigenvalue weighted by Crippen LogP contribution is -2.48. The van der Waals surface area contributed by atoms with Gasteiger partial charge in [0, 0.05) is 32.1 Å². The van der Waals surface area contributed by atoms with Crippen LogP contribution in [0.1, 0.15) is 45.4 Å². The van der Waals surface area contributed by atoms with Crippen molar-refractivity contribution < 1.29 is 13.2 Å². The Hall–Kier alpha value is -0.460. The standard InChI is InChI=1S/C13H24N2O3S/c1-12(16)13-6-10-15(11-7-13)19(17,18)14-8-4-2-3-5-9-14/h13H,2-11H2,1H3. The lowest BCUT2D eigenvalue weighted by atomic mass is 9.95. The molecule has 0 N–H and O–H groups in total. The number of hydrogen-bond acceptors (Lipinski definition) is 3. The van der Waals surface area contributed by atoms with Crippen molar-refractivity contribution in [1.82, 2.24) is 8.61 Å². The number of rotatable bonds is 3. The van der Waals surface area contributed by atoms with Crippen molar-refractivity contribution in [3.63, 3.8) is 0 Å². The van der Waals surface area contributed by atoms with Crippen LogP contribution in [0.15, 0.2) is 0 Å². The second-order valence-corrected chi connectivity index (χ2v) is 7.53. The molecule has 0 aromatic rings. The molecule has 0 aromatic heterocycles. The minimum absolute atomic E-state index is 0.0515. The Bertz CT molecular complexity index is 406. The van der Waals surface area contributed by atoms with Gasteiger partial charge in [0.05, 0.1) is 0 Å². The van der Waals surface area contributed by atoms with Crippen LogP contribution in [-0.2, 0) is 15.0 Å². The quantitative estimate of drug-likeness (QED) is 0.789. The third-order valence-corrected chi connectivity index (χ3v) is 6.28. The van der Waals surface area contributed by atoms with Gasteiger partial charge in [0.1, 0.15) is 5.78 Å². The molecule has 2 fully saturated rings. The highest BCUT2D eigenvalue weighted by molar-refractivity contribution is 7.86. The van der Waals surface area contributed by atoms with Crippen LogP contribution in [0.25, 0.3) is 0 Å². The molecule has 19 heavy (non-hydrogen) atoms. The van der Waals surface area contributed by atoms with Gasteiger partial charge in [-0.15, -0.1) is 0 Å². The van der Waals surface area contributed by atoms with E-state index in [1.807, 2.05) is 0 Å². The van der Waals surface area contributed by atoms with Crippen LogP contribution >= 0.6 is 0 Å². The molecule has 0 unspecified atom stereocenters. The highest BCUT2D eigenvalue weighted by atomic mass is 32.2. The van der Waals surface area contributed by atoms with Gasteiger partial charge in [0.15, 0.2) is 0 Å². The highest BCUT2D eigenvalue weighted by Gasteiger charge is 2.33. The number of Topliss-reactive ketones (excluding diaryl/α,β-unsaturated/α-hetero) is 1. The van der Waals surface area contributed by atoms with E-state index in [-0.39, 0.29) is 11.7 Å². The fourth-order valence-corrected chi connectivity index (χ4v) is 4.65. The molecule has 2 rings (SSSR count). The van der Waals surface area contributed by atoms with Gasteiger partial charge in [-0.2, -0.15) is 17.0 Å². The lowest BCUT2D eigenvalue weighted by Gasteiger charge is -2.33. The van der Waals surface area contributed by atoms with Crippen molar-refractivity contribution in [1.29, 1.82) is 0 Å². The Morgan fingerprint density at radius 2 is 1.37 bits per heavy atom. The van der Waals surface area contributed by atoms with Crippen LogP contribution in [0.2, 0.25) is 0 Å². The number of hydrogen-bond donors (Lipinski definition) is 0. The smallest absolute Gasteiger partial charge is 0.281 e. The van der Waals surface area contributed by atoms with Gasteiger partial charge >= 0.3 is 0 Å². The maximum atomic E-state index is 12.5. The van der Waals surface area contributed by atoms with E-state index in [9.17, 15) is 13.2 Å². The zero-order valence-electron chi connectivity index (χ0n) is 11.7. The monoisotopic (exact) mass is 288 g/mol. The maximum Gasteiger partial charge on any atom is 0.281 e. The Morgan fingerprint density at radius 3 is 1.84 bits per heavy atom. The van der Waals surface area contributed by atoms with E-state index in [1.165, 1.54) is 0 Å². The molecule has 0 spiro atoms. The average molecular weight is 288 g/mol. The van der Waals surface area contributed by atoms with E-state index in [4.69, 9.17) is 0 Å². The average Bonchev–Trinajstić information content (AvgIpc) is 2.68. The summed E-state index contributed by atoms with van der Waals surface area (Å²) in [5.41, 5.74) is 0. The molecule has 2 heterocycles.